The van der Waals surface area contributed by atoms with E-state index in [1.807, 2.05) is 16.7 Å². The van der Waals surface area contributed by atoms with Crippen LogP contribution in [0.25, 0.3) is 0 Å². The molecule has 0 aromatic heterocycles. The number of carbonyl (C=O) groups is 1. The molecule has 0 radical (unpaired) electrons. The Morgan fingerprint density at radius 3 is 3.05 bits per heavy atom. The molecule has 1 amide bonds. The van der Waals surface area contributed by atoms with Crippen LogP contribution in [-0.4, -0.2) is 47.1 Å². The fourth-order valence-corrected chi connectivity index (χ4v) is 3.36. The first kappa shape index (κ1) is 14.1. The van der Waals surface area contributed by atoms with Crippen molar-refractivity contribution in [3.8, 4) is 11.5 Å². The first-order valence-corrected chi connectivity index (χ1v) is 7.49. The maximum atomic E-state index is 12.5. The molecule has 1 aromatic rings. The van der Waals surface area contributed by atoms with Crippen molar-refractivity contribution in [1.82, 2.24) is 4.90 Å². The molecule has 2 rings (SSSR count). The van der Waals surface area contributed by atoms with Crippen LogP contribution < -0.4 is 4.74 Å². The highest BCUT2D eigenvalue weighted by atomic mass is 32.2. The van der Waals surface area contributed by atoms with Crippen LogP contribution in [0.5, 0.6) is 11.5 Å². The number of nitrogens with zero attached hydrogens (tertiary/aromatic N) is 1. The first-order valence-electron chi connectivity index (χ1n) is 6.44. The predicted octanol–water partition coefficient (Wildman–Crippen LogP) is 2.37. The molecule has 1 aliphatic rings. The number of methoxy groups -OCH3 is 1. The van der Waals surface area contributed by atoms with E-state index in [0.29, 0.717) is 16.6 Å². The first-order chi connectivity index (χ1) is 9.17. The zero-order valence-corrected chi connectivity index (χ0v) is 12.1. The van der Waals surface area contributed by atoms with Gasteiger partial charge >= 0.3 is 0 Å². The van der Waals surface area contributed by atoms with Crippen molar-refractivity contribution in [2.45, 2.75) is 18.6 Å². The lowest BCUT2D eigenvalue weighted by Gasteiger charge is -2.32. The molecule has 1 N–H and O–H groups in total. The third kappa shape index (κ3) is 2.97. The Morgan fingerprint density at radius 1 is 1.58 bits per heavy atom. The molecule has 1 aliphatic heterocycles. The Balaban J connectivity index is 2.19. The second kappa shape index (κ2) is 6.19. The number of phenols is 1. The van der Waals surface area contributed by atoms with E-state index in [2.05, 4.69) is 6.92 Å². The maximum absolute atomic E-state index is 12.5. The van der Waals surface area contributed by atoms with Gasteiger partial charge in [0, 0.05) is 24.1 Å². The molecule has 1 atom stereocenters. The van der Waals surface area contributed by atoms with E-state index in [0.717, 1.165) is 25.3 Å². The number of carbonyl (C=O) groups excluding carboxylic acids is 1. The third-order valence-corrected chi connectivity index (χ3v) is 4.70. The smallest absolute Gasteiger partial charge is 0.257 e. The highest BCUT2D eigenvalue weighted by molar-refractivity contribution is 8.00. The molecule has 0 aliphatic carbocycles. The minimum atomic E-state index is -0.116. The van der Waals surface area contributed by atoms with Crippen molar-refractivity contribution >= 4 is 17.7 Å². The van der Waals surface area contributed by atoms with Crippen LogP contribution in [-0.2, 0) is 0 Å². The van der Waals surface area contributed by atoms with Crippen molar-refractivity contribution in [3.63, 3.8) is 0 Å². The van der Waals surface area contributed by atoms with Crippen LogP contribution >= 0.6 is 11.8 Å². The molecular formula is C14H19NO3S. The normalized spacial score (nSPS) is 19.3. The van der Waals surface area contributed by atoms with Gasteiger partial charge in [-0.25, -0.2) is 0 Å². The zero-order valence-electron chi connectivity index (χ0n) is 11.3. The van der Waals surface area contributed by atoms with Gasteiger partial charge in [-0.3, -0.25) is 4.79 Å². The predicted molar refractivity (Wildman–Crippen MR) is 77.1 cm³/mol. The highest BCUT2D eigenvalue weighted by Crippen LogP contribution is 2.31. The van der Waals surface area contributed by atoms with E-state index in [9.17, 15) is 9.90 Å². The maximum Gasteiger partial charge on any atom is 0.257 e. The Hall–Kier alpha value is -1.36. The van der Waals surface area contributed by atoms with E-state index in [-0.39, 0.29) is 11.7 Å². The lowest BCUT2D eigenvalue weighted by atomic mass is 10.1. The van der Waals surface area contributed by atoms with Gasteiger partial charge in [-0.2, -0.15) is 11.8 Å². The van der Waals surface area contributed by atoms with Crippen molar-refractivity contribution < 1.29 is 14.6 Å². The Labute approximate surface area is 117 Å². The summed E-state index contributed by atoms with van der Waals surface area (Å²) in [7, 11) is 1.48. The Morgan fingerprint density at radius 2 is 2.37 bits per heavy atom. The molecular weight excluding hydrogens is 262 g/mol. The summed E-state index contributed by atoms with van der Waals surface area (Å²) in [6, 6.07) is 5.01. The number of aromatic hydroxyl groups is 1. The minimum absolute atomic E-state index is 0.0683. The fourth-order valence-electron chi connectivity index (χ4n) is 2.18. The number of rotatable bonds is 3. The standard InChI is InChI=1S/C14H19NO3S/c1-3-10-9-15(7-8-19-10)14(17)11-5-4-6-12(18-2)13(11)16/h4-6,10,16H,3,7-9H2,1-2H3. The summed E-state index contributed by atoms with van der Waals surface area (Å²) in [5.41, 5.74) is 0.320. The molecule has 104 valence electrons. The van der Waals surface area contributed by atoms with Gasteiger partial charge in [0.2, 0.25) is 0 Å². The van der Waals surface area contributed by atoms with Crippen LogP contribution in [0.1, 0.15) is 23.7 Å². The molecule has 4 nitrogen and oxygen atoms in total. The van der Waals surface area contributed by atoms with Gasteiger partial charge in [-0.05, 0) is 18.6 Å². The van der Waals surface area contributed by atoms with Gasteiger partial charge in [0.05, 0.1) is 12.7 Å². The average Bonchev–Trinajstić information content (AvgIpc) is 2.47. The fraction of sp³-hybridized carbons (Fsp3) is 0.500. The molecule has 0 spiro atoms. The molecule has 1 aromatic carbocycles. The van der Waals surface area contributed by atoms with Gasteiger partial charge < -0.3 is 14.7 Å². The number of para-hydroxylation sites is 1. The van der Waals surface area contributed by atoms with E-state index in [1.54, 1.807) is 18.2 Å². The molecule has 0 bridgehead atoms. The summed E-state index contributed by atoms with van der Waals surface area (Å²) in [6.45, 7) is 3.61. The van der Waals surface area contributed by atoms with Crippen LogP contribution in [0.2, 0.25) is 0 Å². The molecule has 1 fully saturated rings. The monoisotopic (exact) mass is 281 g/mol. The van der Waals surface area contributed by atoms with Gasteiger partial charge in [0.15, 0.2) is 11.5 Å². The SMILES string of the molecule is CCC1CN(C(=O)c2cccc(OC)c2O)CCS1. The largest absolute Gasteiger partial charge is 0.504 e. The summed E-state index contributed by atoms with van der Waals surface area (Å²) in [4.78, 5) is 14.3. The van der Waals surface area contributed by atoms with Gasteiger partial charge in [-0.1, -0.05) is 13.0 Å². The van der Waals surface area contributed by atoms with Crippen LogP contribution in [0.15, 0.2) is 18.2 Å². The minimum Gasteiger partial charge on any atom is -0.504 e. The highest BCUT2D eigenvalue weighted by Gasteiger charge is 2.26. The number of amides is 1. The molecule has 19 heavy (non-hydrogen) atoms. The van der Waals surface area contributed by atoms with Crippen molar-refractivity contribution in [2.75, 3.05) is 26.0 Å². The number of ether oxygens (including phenoxy) is 1. The average molecular weight is 281 g/mol. The van der Waals surface area contributed by atoms with Crippen LogP contribution in [0.3, 0.4) is 0 Å². The van der Waals surface area contributed by atoms with E-state index < -0.39 is 0 Å². The Kier molecular flexibility index (Phi) is 4.58. The number of hydrogen-bond acceptors (Lipinski definition) is 4. The van der Waals surface area contributed by atoms with E-state index >= 15 is 0 Å². The van der Waals surface area contributed by atoms with Crippen molar-refractivity contribution in [1.29, 1.82) is 0 Å². The quantitative estimate of drug-likeness (QED) is 0.924. The van der Waals surface area contributed by atoms with Crippen molar-refractivity contribution in [3.05, 3.63) is 23.8 Å². The number of thioether (sulfide) groups is 1. The van der Waals surface area contributed by atoms with Crippen LogP contribution in [0, 0.1) is 0 Å². The van der Waals surface area contributed by atoms with E-state index in [1.165, 1.54) is 7.11 Å². The topological polar surface area (TPSA) is 49.8 Å². The molecule has 1 saturated heterocycles. The van der Waals surface area contributed by atoms with Crippen molar-refractivity contribution in [2.24, 2.45) is 0 Å². The number of hydrogen-bond donors (Lipinski definition) is 1. The van der Waals surface area contributed by atoms with Crippen LogP contribution in [0.4, 0.5) is 0 Å². The molecule has 1 heterocycles. The molecule has 5 heteroatoms. The summed E-state index contributed by atoms with van der Waals surface area (Å²) in [6.07, 6.45) is 1.05. The summed E-state index contributed by atoms with van der Waals surface area (Å²) in [5, 5.41) is 10.5. The summed E-state index contributed by atoms with van der Waals surface area (Å²) in [5.74, 6) is 1.11. The van der Waals surface area contributed by atoms with Gasteiger partial charge in [0.1, 0.15) is 0 Å². The Bertz CT molecular complexity index is 464. The zero-order chi connectivity index (χ0) is 13.8. The lowest BCUT2D eigenvalue weighted by Crippen LogP contribution is -2.41. The number of benzene rings is 1. The third-order valence-electron chi connectivity index (χ3n) is 3.33. The number of phenolic OH excluding ortho intramolecular Hbond substituents is 1. The summed E-state index contributed by atoms with van der Waals surface area (Å²) < 4.78 is 5.04. The summed E-state index contributed by atoms with van der Waals surface area (Å²) >= 11 is 1.91. The van der Waals surface area contributed by atoms with Gasteiger partial charge in [0.25, 0.3) is 5.91 Å². The molecule has 1 unspecified atom stereocenters. The van der Waals surface area contributed by atoms with E-state index in [4.69, 9.17) is 4.74 Å². The molecule has 0 saturated carbocycles. The lowest BCUT2D eigenvalue weighted by molar-refractivity contribution is 0.0757. The second-order valence-electron chi connectivity index (χ2n) is 4.51. The second-order valence-corrected chi connectivity index (χ2v) is 5.92. The van der Waals surface area contributed by atoms with Gasteiger partial charge in [-0.15, -0.1) is 0 Å².